The van der Waals surface area contributed by atoms with Gasteiger partial charge in [0.05, 0.1) is 17.6 Å². The second-order valence-corrected chi connectivity index (χ2v) is 5.96. The van der Waals surface area contributed by atoms with E-state index in [4.69, 9.17) is 4.98 Å². The van der Waals surface area contributed by atoms with E-state index in [1.807, 2.05) is 6.33 Å². The molecule has 2 heterocycles. The molecule has 1 N–H and O–H groups in total. The maximum atomic E-state index is 4.71. The van der Waals surface area contributed by atoms with Crippen LogP contribution in [0.4, 0.5) is 0 Å². The number of benzene rings is 1. The van der Waals surface area contributed by atoms with E-state index in [1.165, 1.54) is 22.5 Å². The number of nitrogens with zero attached hydrogens (tertiary/aromatic N) is 2. The molecular formula is C17H23N3. The summed E-state index contributed by atoms with van der Waals surface area (Å²) in [6.07, 6.45) is 4.15. The molecule has 0 spiro atoms. The normalized spacial score (nSPS) is 21.8. The summed E-state index contributed by atoms with van der Waals surface area (Å²) in [7, 11) is 0. The molecule has 20 heavy (non-hydrogen) atoms. The molecule has 3 rings (SSSR count). The van der Waals surface area contributed by atoms with Crippen LogP contribution in [0.3, 0.4) is 0 Å². The lowest BCUT2D eigenvalue weighted by atomic mass is 9.89. The van der Waals surface area contributed by atoms with Gasteiger partial charge in [0.15, 0.2) is 0 Å². The summed E-state index contributed by atoms with van der Waals surface area (Å²) < 4.78 is 2.33. The zero-order valence-electron chi connectivity index (χ0n) is 12.6. The van der Waals surface area contributed by atoms with E-state index in [9.17, 15) is 0 Å². The van der Waals surface area contributed by atoms with Crippen LogP contribution in [0.2, 0.25) is 0 Å². The van der Waals surface area contributed by atoms with E-state index in [0.29, 0.717) is 0 Å². The third kappa shape index (κ3) is 2.16. The monoisotopic (exact) mass is 269 g/mol. The molecule has 2 aromatic rings. The van der Waals surface area contributed by atoms with Crippen molar-refractivity contribution in [2.24, 2.45) is 0 Å². The smallest absolute Gasteiger partial charge is 0.0955 e. The Morgan fingerprint density at radius 3 is 2.90 bits per heavy atom. The minimum atomic E-state index is 0.0323. The number of imidazole rings is 1. The maximum Gasteiger partial charge on any atom is 0.0955 e. The van der Waals surface area contributed by atoms with Gasteiger partial charge in [-0.2, -0.15) is 0 Å². The van der Waals surface area contributed by atoms with Crippen LogP contribution in [0.15, 0.2) is 30.6 Å². The van der Waals surface area contributed by atoms with E-state index in [-0.39, 0.29) is 5.54 Å². The van der Waals surface area contributed by atoms with Gasteiger partial charge in [0.2, 0.25) is 0 Å². The predicted octanol–water partition coefficient (Wildman–Crippen LogP) is 3.01. The van der Waals surface area contributed by atoms with Crippen LogP contribution in [0, 0.1) is 6.92 Å². The van der Waals surface area contributed by atoms with Crippen molar-refractivity contribution in [3.8, 4) is 0 Å². The molecule has 0 amide bonds. The SMILES string of the molecule is CCC1(C)NCCc2c1ncn2Cc1ccccc1C. The average Bonchev–Trinajstić information content (AvgIpc) is 2.86. The van der Waals surface area contributed by atoms with Crippen molar-refractivity contribution in [3.63, 3.8) is 0 Å². The highest BCUT2D eigenvalue weighted by Crippen LogP contribution is 2.30. The Morgan fingerprint density at radius 1 is 1.35 bits per heavy atom. The molecule has 0 bridgehead atoms. The lowest BCUT2D eigenvalue weighted by Crippen LogP contribution is -2.45. The standard InChI is InChI=1S/C17H23N3/c1-4-17(3)16-15(9-10-19-17)20(12-18-16)11-14-8-6-5-7-13(14)2/h5-8,12,19H,4,9-11H2,1-3H3. The molecule has 3 heteroatoms. The molecule has 1 aromatic heterocycles. The highest BCUT2D eigenvalue weighted by molar-refractivity contribution is 5.29. The van der Waals surface area contributed by atoms with Gasteiger partial charge in [0, 0.05) is 25.2 Å². The average molecular weight is 269 g/mol. The van der Waals surface area contributed by atoms with Gasteiger partial charge in [-0.1, -0.05) is 31.2 Å². The second kappa shape index (κ2) is 5.06. The zero-order valence-corrected chi connectivity index (χ0v) is 12.6. The molecule has 0 aliphatic carbocycles. The molecule has 3 nitrogen and oxygen atoms in total. The fraction of sp³-hybridized carbons (Fsp3) is 0.471. The van der Waals surface area contributed by atoms with Crippen LogP contribution >= 0.6 is 0 Å². The number of hydrogen-bond acceptors (Lipinski definition) is 2. The molecule has 0 fully saturated rings. The highest BCUT2D eigenvalue weighted by atomic mass is 15.1. The molecule has 1 aliphatic heterocycles. The number of rotatable bonds is 3. The first-order valence-electron chi connectivity index (χ1n) is 7.48. The molecule has 1 atom stereocenters. The lowest BCUT2D eigenvalue weighted by Gasteiger charge is -2.33. The van der Waals surface area contributed by atoms with E-state index < -0.39 is 0 Å². The third-order valence-electron chi connectivity index (χ3n) is 4.65. The van der Waals surface area contributed by atoms with Crippen molar-refractivity contribution < 1.29 is 0 Å². The maximum absolute atomic E-state index is 4.71. The fourth-order valence-electron chi connectivity index (χ4n) is 3.07. The minimum absolute atomic E-state index is 0.0323. The van der Waals surface area contributed by atoms with Crippen molar-refractivity contribution in [2.75, 3.05) is 6.54 Å². The van der Waals surface area contributed by atoms with Crippen molar-refractivity contribution in [3.05, 3.63) is 53.1 Å². The Hall–Kier alpha value is -1.61. The minimum Gasteiger partial charge on any atom is -0.330 e. The van der Waals surface area contributed by atoms with Gasteiger partial charge < -0.3 is 9.88 Å². The van der Waals surface area contributed by atoms with Crippen LogP contribution in [0.5, 0.6) is 0 Å². The Kier molecular flexibility index (Phi) is 3.38. The Labute approximate surface area is 121 Å². The van der Waals surface area contributed by atoms with Gasteiger partial charge >= 0.3 is 0 Å². The van der Waals surface area contributed by atoms with Crippen molar-refractivity contribution in [1.82, 2.24) is 14.9 Å². The van der Waals surface area contributed by atoms with E-state index >= 15 is 0 Å². The summed E-state index contributed by atoms with van der Waals surface area (Å²) >= 11 is 0. The molecule has 1 aliphatic rings. The quantitative estimate of drug-likeness (QED) is 0.928. The van der Waals surface area contributed by atoms with E-state index in [1.54, 1.807) is 0 Å². The molecule has 0 saturated carbocycles. The highest BCUT2D eigenvalue weighted by Gasteiger charge is 2.33. The topological polar surface area (TPSA) is 29.9 Å². The molecule has 106 valence electrons. The van der Waals surface area contributed by atoms with Crippen LogP contribution < -0.4 is 5.32 Å². The first-order valence-corrected chi connectivity index (χ1v) is 7.48. The Bertz CT molecular complexity index is 614. The zero-order chi connectivity index (χ0) is 14.2. The summed E-state index contributed by atoms with van der Waals surface area (Å²) in [6.45, 7) is 8.63. The van der Waals surface area contributed by atoms with Crippen LogP contribution in [-0.4, -0.2) is 16.1 Å². The van der Waals surface area contributed by atoms with Crippen LogP contribution in [0.25, 0.3) is 0 Å². The van der Waals surface area contributed by atoms with Gasteiger partial charge in [0.25, 0.3) is 0 Å². The number of hydrogen-bond donors (Lipinski definition) is 1. The number of aromatic nitrogens is 2. The Balaban J connectivity index is 1.96. The van der Waals surface area contributed by atoms with Crippen molar-refractivity contribution in [1.29, 1.82) is 0 Å². The van der Waals surface area contributed by atoms with Crippen LogP contribution in [-0.2, 0) is 18.5 Å². The van der Waals surface area contributed by atoms with Crippen LogP contribution in [0.1, 0.15) is 42.8 Å². The third-order valence-corrected chi connectivity index (χ3v) is 4.65. The predicted molar refractivity (Wildman–Crippen MR) is 81.9 cm³/mol. The molecule has 0 saturated heterocycles. The van der Waals surface area contributed by atoms with E-state index in [2.05, 4.69) is 54.9 Å². The number of nitrogens with one attached hydrogen (secondary N) is 1. The molecule has 1 aromatic carbocycles. The Morgan fingerprint density at radius 2 is 2.15 bits per heavy atom. The summed E-state index contributed by atoms with van der Waals surface area (Å²) in [5, 5.41) is 3.61. The summed E-state index contributed by atoms with van der Waals surface area (Å²) in [6, 6.07) is 8.60. The van der Waals surface area contributed by atoms with Gasteiger partial charge in [0.1, 0.15) is 0 Å². The second-order valence-electron chi connectivity index (χ2n) is 5.96. The summed E-state index contributed by atoms with van der Waals surface area (Å²) in [4.78, 5) is 4.71. The molecule has 0 radical (unpaired) electrons. The lowest BCUT2D eigenvalue weighted by molar-refractivity contribution is 0.324. The summed E-state index contributed by atoms with van der Waals surface area (Å²) in [5.41, 5.74) is 5.40. The number of aryl methyl sites for hydroxylation is 1. The van der Waals surface area contributed by atoms with Gasteiger partial charge in [-0.25, -0.2) is 4.98 Å². The van der Waals surface area contributed by atoms with Gasteiger partial charge in [-0.15, -0.1) is 0 Å². The first kappa shape index (κ1) is 13.4. The summed E-state index contributed by atoms with van der Waals surface area (Å²) in [5.74, 6) is 0. The molecule has 1 unspecified atom stereocenters. The van der Waals surface area contributed by atoms with Crippen molar-refractivity contribution in [2.45, 2.75) is 45.7 Å². The largest absolute Gasteiger partial charge is 0.330 e. The van der Waals surface area contributed by atoms with E-state index in [0.717, 1.165) is 25.9 Å². The van der Waals surface area contributed by atoms with Crippen molar-refractivity contribution >= 4 is 0 Å². The number of fused-ring (bicyclic) bond motifs is 1. The molecular weight excluding hydrogens is 246 g/mol. The fourth-order valence-corrected chi connectivity index (χ4v) is 3.07. The van der Waals surface area contributed by atoms with Gasteiger partial charge in [-0.05, 0) is 31.4 Å². The first-order chi connectivity index (χ1) is 9.64. The van der Waals surface area contributed by atoms with Gasteiger partial charge in [-0.3, -0.25) is 0 Å².